The van der Waals surface area contributed by atoms with Gasteiger partial charge in [-0.1, -0.05) is 6.92 Å². The lowest BCUT2D eigenvalue weighted by Gasteiger charge is -2.09. The average Bonchev–Trinajstić information content (AvgIpc) is 1.98. The monoisotopic (exact) mass is 161 g/mol. The summed E-state index contributed by atoms with van der Waals surface area (Å²) in [5.41, 5.74) is 5.34. The average molecular weight is 161 g/mol. The smallest absolute Gasteiger partial charge is 0.162 e. The highest BCUT2D eigenvalue weighted by atomic mass is 28.2. The Morgan fingerprint density at radius 1 is 1.60 bits per heavy atom. The van der Waals surface area contributed by atoms with Gasteiger partial charge in [-0.2, -0.15) is 0 Å². The van der Waals surface area contributed by atoms with Gasteiger partial charge in [0.15, 0.2) is 9.76 Å². The Bertz CT molecular complexity index is 70.6. The Morgan fingerprint density at radius 2 is 2.30 bits per heavy atom. The van der Waals surface area contributed by atoms with Crippen LogP contribution in [0, 0.1) is 0 Å². The number of rotatable bonds is 6. The Morgan fingerprint density at radius 3 is 2.80 bits per heavy atom. The third kappa shape index (κ3) is 6.26. The molecule has 2 nitrogen and oxygen atoms in total. The maximum atomic E-state index is 5.58. The number of nitrogens with two attached hydrogens (primary N) is 1. The summed E-state index contributed by atoms with van der Waals surface area (Å²) in [4.78, 5) is 0. The van der Waals surface area contributed by atoms with Crippen LogP contribution < -0.4 is 5.73 Å². The van der Waals surface area contributed by atoms with Crippen LogP contribution in [0.1, 0.15) is 26.7 Å². The minimum Gasteiger partial charge on any atom is -0.421 e. The summed E-state index contributed by atoms with van der Waals surface area (Å²) in [7, 11) is -0.238. The van der Waals surface area contributed by atoms with Crippen LogP contribution in [-0.2, 0) is 4.43 Å². The van der Waals surface area contributed by atoms with Gasteiger partial charge in [0.05, 0.1) is 0 Å². The van der Waals surface area contributed by atoms with Crippen molar-refractivity contribution in [3.8, 4) is 0 Å². The first kappa shape index (κ1) is 10.1. The molecule has 0 aliphatic carbocycles. The van der Waals surface area contributed by atoms with E-state index in [1.165, 1.54) is 6.04 Å². The molecule has 62 valence electrons. The molecule has 0 radical (unpaired) electrons. The number of hydrogen-bond donors (Lipinski definition) is 1. The van der Waals surface area contributed by atoms with Crippen molar-refractivity contribution in [2.75, 3.05) is 6.54 Å². The van der Waals surface area contributed by atoms with Gasteiger partial charge < -0.3 is 10.2 Å². The third-order valence-corrected chi connectivity index (χ3v) is 3.17. The van der Waals surface area contributed by atoms with E-state index in [1.54, 1.807) is 0 Å². The fourth-order valence-corrected chi connectivity index (χ4v) is 1.95. The summed E-state index contributed by atoms with van der Waals surface area (Å²) in [6.07, 6.45) is 2.75. The molecule has 0 spiro atoms. The molecule has 0 fully saturated rings. The minimum absolute atomic E-state index is 0.238. The van der Waals surface area contributed by atoms with E-state index >= 15 is 0 Å². The van der Waals surface area contributed by atoms with Crippen LogP contribution in [0.15, 0.2) is 0 Å². The zero-order valence-corrected chi connectivity index (χ0v) is 8.51. The quantitative estimate of drug-likeness (QED) is 0.458. The Kier molecular flexibility index (Phi) is 7.35. The van der Waals surface area contributed by atoms with Crippen molar-refractivity contribution in [1.29, 1.82) is 0 Å². The zero-order chi connectivity index (χ0) is 7.82. The first-order chi connectivity index (χ1) is 4.81. The molecule has 1 atom stereocenters. The molecule has 0 aliphatic heterocycles. The molecule has 0 aromatic heterocycles. The van der Waals surface area contributed by atoms with Crippen molar-refractivity contribution >= 4 is 9.76 Å². The molecule has 2 N–H and O–H groups in total. The molecule has 3 heteroatoms. The zero-order valence-electron chi connectivity index (χ0n) is 7.10. The standard InChI is InChI=1S/C7H19NOSi/c1-3-7(2)9-10-6-4-5-8/h7H,3-6,8,10H2,1-2H3. The van der Waals surface area contributed by atoms with E-state index in [1.807, 2.05) is 0 Å². The van der Waals surface area contributed by atoms with Crippen molar-refractivity contribution in [3.05, 3.63) is 0 Å². The van der Waals surface area contributed by atoms with Crippen LogP contribution in [0.25, 0.3) is 0 Å². The fraction of sp³-hybridized carbons (Fsp3) is 1.00. The molecular weight excluding hydrogens is 142 g/mol. The molecule has 0 aliphatic rings. The highest BCUT2D eigenvalue weighted by Crippen LogP contribution is 1.96. The maximum absolute atomic E-state index is 5.58. The van der Waals surface area contributed by atoms with E-state index in [2.05, 4.69) is 13.8 Å². The molecule has 0 aromatic rings. The van der Waals surface area contributed by atoms with Crippen LogP contribution in [0.2, 0.25) is 6.04 Å². The van der Waals surface area contributed by atoms with Crippen LogP contribution in [0.4, 0.5) is 0 Å². The summed E-state index contributed by atoms with van der Waals surface area (Å²) in [5.74, 6) is 0. The Labute approximate surface area is 66.1 Å². The second-order valence-corrected chi connectivity index (χ2v) is 4.03. The van der Waals surface area contributed by atoms with Crippen molar-refractivity contribution in [2.24, 2.45) is 5.73 Å². The van der Waals surface area contributed by atoms with Gasteiger partial charge in [0.25, 0.3) is 0 Å². The number of hydrogen-bond acceptors (Lipinski definition) is 2. The van der Waals surface area contributed by atoms with Crippen LogP contribution in [-0.4, -0.2) is 22.4 Å². The lowest BCUT2D eigenvalue weighted by atomic mass is 10.3. The molecule has 0 heterocycles. The largest absolute Gasteiger partial charge is 0.421 e. The molecule has 0 amide bonds. The van der Waals surface area contributed by atoms with E-state index in [4.69, 9.17) is 10.2 Å². The molecule has 1 unspecified atom stereocenters. The van der Waals surface area contributed by atoms with Crippen molar-refractivity contribution in [1.82, 2.24) is 0 Å². The van der Waals surface area contributed by atoms with Gasteiger partial charge in [-0.15, -0.1) is 0 Å². The molecular formula is C7H19NOSi. The van der Waals surface area contributed by atoms with Gasteiger partial charge in [0.1, 0.15) is 0 Å². The summed E-state index contributed by atoms with van der Waals surface area (Å²) in [5, 5.41) is 0. The Hall–Kier alpha value is 0.137. The minimum atomic E-state index is -0.238. The van der Waals surface area contributed by atoms with Gasteiger partial charge >= 0.3 is 0 Å². The van der Waals surface area contributed by atoms with Crippen molar-refractivity contribution in [3.63, 3.8) is 0 Å². The predicted molar refractivity (Wildman–Crippen MR) is 47.9 cm³/mol. The fourth-order valence-electron chi connectivity index (χ4n) is 0.649. The van der Waals surface area contributed by atoms with Gasteiger partial charge in [0.2, 0.25) is 0 Å². The van der Waals surface area contributed by atoms with E-state index in [0.29, 0.717) is 6.10 Å². The first-order valence-corrected chi connectivity index (χ1v) is 5.70. The van der Waals surface area contributed by atoms with Crippen LogP contribution in [0.5, 0.6) is 0 Å². The molecule has 0 aromatic carbocycles. The maximum Gasteiger partial charge on any atom is 0.162 e. The third-order valence-electron chi connectivity index (χ3n) is 1.58. The van der Waals surface area contributed by atoms with Crippen molar-refractivity contribution in [2.45, 2.75) is 38.8 Å². The second kappa shape index (κ2) is 7.25. The molecule has 0 bridgehead atoms. The molecule has 10 heavy (non-hydrogen) atoms. The normalized spacial score (nSPS) is 14.7. The van der Waals surface area contributed by atoms with Crippen molar-refractivity contribution < 1.29 is 4.43 Å². The lowest BCUT2D eigenvalue weighted by molar-refractivity contribution is 0.228. The SMILES string of the molecule is CCC(C)O[SiH2]CCCN. The second-order valence-electron chi connectivity index (χ2n) is 2.59. The predicted octanol–water partition coefficient (Wildman–Crippen LogP) is 0.652. The van der Waals surface area contributed by atoms with E-state index in [-0.39, 0.29) is 9.76 Å². The van der Waals surface area contributed by atoms with Crippen LogP contribution in [0.3, 0.4) is 0 Å². The summed E-state index contributed by atoms with van der Waals surface area (Å²) >= 11 is 0. The van der Waals surface area contributed by atoms with Gasteiger partial charge in [0, 0.05) is 6.10 Å². The first-order valence-electron chi connectivity index (χ1n) is 4.13. The topological polar surface area (TPSA) is 35.2 Å². The lowest BCUT2D eigenvalue weighted by Crippen LogP contribution is -2.11. The summed E-state index contributed by atoms with van der Waals surface area (Å²) < 4.78 is 5.58. The van der Waals surface area contributed by atoms with E-state index in [9.17, 15) is 0 Å². The van der Waals surface area contributed by atoms with Crippen LogP contribution >= 0.6 is 0 Å². The van der Waals surface area contributed by atoms with E-state index < -0.39 is 0 Å². The van der Waals surface area contributed by atoms with Gasteiger partial charge in [-0.05, 0) is 32.4 Å². The highest BCUT2D eigenvalue weighted by molar-refractivity contribution is 6.27. The van der Waals surface area contributed by atoms with Gasteiger partial charge in [-0.25, -0.2) is 0 Å². The molecule has 0 saturated carbocycles. The van der Waals surface area contributed by atoms with E-state index in [0.717, 1.165) is 19.4 Å². The highest BCUT2D eigenvalue weighted by Gasteiger charge is 1.96. The summed E-state index contributed by atoms with van der Waals surface area (Å²) in [6, 6.07) is 1.24. The molecule has 0 saturated heterocycles. The summed E-state index contributed by atoms with van der Waals surface area (Å²) in [6.45, 7) is 5.11. The molecule has 0 rings (SSSR count). The Balaban J connectivity index is 2.89. The van der Waals surface area contributed by atoms with Gasteiger partial charge in [-0.3, -0.25) is 0 Å².